The molecule has 27 heavy (non-hydrogen) atoms. The maximum Gasteiger partial charge on any atom is 0.243 e. The maximum absolute atomic E-state index is 13.4. The van der Waals surface area contributed by atoms with Gasteiger partial charge in [0.05, 0.1) is 17.2 Å². The molecule has 1 aliphatic carbocycles. The van der Waals surface area contributed by atoms with Crippen LogP contribution in [0.4, 0.5) is 0 Å². The first-order chi connectivity index (χ1) is 13.0. The quantitative estimate of drug-likeness (QED) is 0.794. The van der Waals surface area contributed by atoms with Crippen LogP contribution in [0.2, 0.25) is 0 Å². The Hall–Kier alpha value is -1.99. The second-order valence-electron chi connectivity index (χ2n) is 7.88. The van der Waals surface area contributed by atoms with Crippen LogP contribution in [0.25, 0.3) is 0 Å². The second kappa shape index (κ2) is 6.01. The van der Waals surface area contributed by atoms with Gasteiger partial charge in [0.15, 0.2) is 0 Å². The third kappa shape index (κ3) is 2.67. The predicted molar refractivity (Wildman–Crippen MR) is 100 cm³/mol. The lowest BCUT2D eigenvalue weighted by Gasteiger charge is -2.39. The number of nitrogens with zero attached hydrogens (tertiary/aromatic N) is 3. The van der Waals surface area contributed by atoms with Crippen LogP contribution in [-0.2, 0) is 28.3 Å². The topological polar surface area (TPSA) is 72.4 Å². The molecule has 2 aromatic rings. The van der Waals surface area contributed by atoms with Gasteiger partial charge >= 0.3 is 0 Å². The Morgan fingerprint density at radius 2 is 2.07 bits per heavy atom. The third-order valence-electron chi connectivity index (χ3n) is 6.20. The standard InChI is InChI=1S/C20H23N3O3S/c1-14-21-12-16-5-8-20(19(16)22-14)7-2-9-23(13-20)27(24,25)17-3-4-18-15(11-17)6-10-26-18/h3-4,11-12H,2,5-10,13H2,1H3. The predicted octanol–water partition coefficient (Wildman–Crippen LogP) is 2.39. The van der Waals surface area contributed by atoms with Crippen LogP contribution < -0.4 is 4.74 Å². The molecule has 7 heteroatoms. The molecule has 1 atom stereocenters. The monoisotopic (exact) mass is 385 g/mol. The van der Waals surface area contributed by atoms with Gasteiger partial charge in [-0.2, -0.15) is 4.31 Å². The minimum Gasteiger partial charge on any atom is -0.493 e. The Kier molecular flexibility index (Phi) is 3.81. The van der Waals surface area contributed by atoms with Crippen molar-refractivity contribution in [2.45, 2.75) is 49.3 Å². The molecule has 0 saturated carbocycles. The number of ether oxygens (including phenoxy) is 1. The molecule has 1 aromatic carbocycles. The van der Waals surface area contributed by atoms with E-state index in [0.29, 0.717) is 24.6 Å². The van der Waals surface area contributed by atoms with Crippen molar-refractivity contribution in [2.24, 2.45) is 0 Å². The van der Waals surface area contributed by atoms with Crippen molar-refractivity contribution in [2.75, 3.05) is 19.7 Å². The number of aryl methyl sites for hydroxylation is 2. The van der Waals surface area contributed by atoms with Crippen molar-refractivity contribution >= 4 is 10.0 Å². The van der Waals surface area contributed by atoms with Crippen molar-refractivity contribution in [3.8, 4) is 5.75 Å². The van der Waals surface area contributed by atoms with E-state index in [0.717, 1.165) is 54.9 Å². The van der Waals surface area contributed by atoms with Crippen LogP contribution in [0.1, 0.15) is 41.9 Å². The van der Waals surface area contributed by atoms with E-state index in [1.165, 1.54) is 5.56 Å². The maximum atomic E-state index is 13.4. The minimum atomic E-state index is -3.53. The van der Waals surface area contributed by atoms with Crippen LogP contribution in [0.15, 0.2) is 29.3 Å². The molecule has 1 fully saturated rings. The lowest BCUT2D eigenvalue weighted by molar-refractivity contribution is 0.219. The van der Waals surface area contributed by atoms with Crippen molar-refractivity contribution in [3.63, 3.8) is 0 Å². The van der Waals surface area contributed by atoms with Gasteiger partial charge in [0.1, 0.15) is 11.6 Å². The second-order valence-corrected chi connectivity index (χ2v) is 9.82. The van der Waals surface area contributed by atoms with E-state index in [9.17, 15) is 8.42 Å². The summed E-state index contributed by atoms with van der Waals surface area (Å²) in [5.74, 6) is 1.56. The summed E-state index contributed by atoms with van der Waals surface area (Å²) in [4.78, 5) is 9.42. The molecule has 5 rings (SSSR count). The van der Waals surface area contributed by atoms with Gasteiger partial charge in [-0.3, -0.25) is 0 Å². The Bertz CT molecular complexity index is 1020. The molecule has 1 spiro atoms. The van der Waals surface area contributed by atoms with Gasteiger partial charge < -0.3 is 4.74 Å². The fourth-order valence-electron chi connectivity index (χ4n) is 4.79. The van der Waals surface area contributed by atoms with E-state index in [1.54, 1.807) is 22.5 Å². The van der Waals surface area contributed by atoms with Gasteiger partial charge in [-0.1, -0.05) is 0 Å². The summed E-state index contributed by atoms with van der Waals surface area (Å²) in [6.45, 7) is 3.60. The highest BCUT2D eigenvalue weighted by molar-refractivity contribution is 7.89. The van der Waals surface area contributed by atoms with Gasteiger partial charge in [-0.15, -0.1) is 0 Å². The molecular formula is C20H23N3O3S. The summed E-state index contributed by atoms with van der Waals surface area (Å²) in [5, 5.41) is 0. The van der Waals surface area contributed by atoms with E-state index in [4.69, 9.17) is 9.72 Å². The van der Waals surface area contributed by atoms with Crippen molar-refractivity contribution in [3.05, 3.63) is 47.0 Å². The number of aromatic nitrogens is 2. The van der Waals surface area contributed by atoms with Gasteiger partial charge in [-0.25, -0.2) is 18.4 Å². The average molecular weight is 385 g/mol. The zero-order chi connectivity index (χ0) is 18.6. The summed E-state index contributed by atoms with van der Waals surface area (Å²) < 4.78 is 33.9. The summed E-state index contributed by atoms with van der Waals surface area (Å²) in [6, 6.07) is 5.25. The molecule has 0 bridgehead atoms. The highest BCUT2D eigenvalue weighted by atomic mass is 32.2. The molecule has 2 aliphatic heterocycles. The van der Waals surface area contributed by atoms with Gasteiger partial charge in [-0.05, 0) is 61.9 Å². The molecule has 142 valence electrons. The zero-order valence-electron chi connectivity index (χ0n) is 15.4. The number of sulfonamides is 1. The lowest BCUT2D eigenvalue weighted by Crippen LogP contribution is -2.47. The molecule has 1 aromatic heterocycles. The van der Waals surface area contributed by atoms with Gasteiger partial charge in [0.2, 0.25) is 10.0 Å². The van der Waals surface area contributed by atoms with Gasteiger partial charge in [0.25, 0.3) is 0 Å². The third-order valence-corrected chi connectivity index (χ3v) is 8.04. The van der Waals surface area contributed by atoms with Crippen molar-refractivity contribution < 1.29 is 13.2 Å². The molecule has 0 amide bonds. The number of hydrogen-bond donors (Lipinski definition) is 0. The lowest BCUT2D eigenvalue weighted by atomic mass is 9.78. The molecule has 1 unspecified atom stereocenters. The Morgan fingerprint density at radius 1 is 1.19 bits per heavy atom. The van der Waals surface area contributed by atoms with Crippen molar-refractivity contribution in [1.29, 1.82) is 0 Å². The van der Waals surface area contributed by atoms with Gasteiger partial charge in [0, 0.05) is 31.1 Å². The largest absolute Gasteiger partial charge is 0.493 e. The first kappa shape index (κ1) is 17.1. The zero-order valence-corrected chi connectivity index (χ0v) is 16.3. The summed E-state index contributed by atoms with van der Waals surface area (Å²) in [6.07, 6.45) is 6.41. The molecule has 0 N–H and O–H groups in total. The van der Waals surface area contributed by atoms with Crippen LogP contribution >= 0.6 is 0 Å². The SMILES string of the molecule is Cc1ncc2c(n1)C1(CCCN(S(=O)(=O)c3ccc4c(c3)CCO4)C1)CC2. The number of piperidine rings is 1. The molecule has 1 saturated heterocycles. The van der Waals surface area contributed by atoms with E-state index in [2.05, 4.69) is 4.98 Å². The minimum absolute atomic E-state index is 0.172. The van der Waals surface area contributed by atoms with E-state index >= 15 is 0 Å². The molecule has 0 radical (unpaired) electrons. The first-order valence-electron chi connectivity index (χ1n) is 9.57. The molecular weight excluding hydrogens is 362 g/mol. The fourth-order valence-corrected chi connectivity index (χ4v) is 6.41. The fraction of sp³-hybridized carbons (Fsp3) is 0.500. The molecule has 3 heterocycles. The Morgan fingerprint density at radius 3 is 2.96 bits per heavy atom. The highest BCUT2D eigenvalue weighted by Gasteiger charge is 2.46. The average Bonchev–Trinajstić information content (AvgIpc) is 3.27. The van der Waals surface area contributed by atoms with Crippen LogP contribution in [0.3, 0.4) is 0 Å². The van der Waals surface area contributed by atoms with Crippen LogP contribution in [-0.4, -0.2) is 42.4 Å². The summed E-state index contributed by atoms with van der Waals surface area (Å²) in [5.41, 5.74) is 3.05. The number of rotatable bonds is 2. The van der Waals surface area contributed by atoms with E-state index in [1.807, 2.05) is 13.1 Å². The Labute approximate surface area is 159 Å². The number of hydrogen-bond acceptors (Lipinski definition) is 5. The molecule has 3 aliphatic rings. The van der Waals surface area contributed by atoms with Crippen molar-refractivity contribution in [1.82, 2.24) is 14.3 Å². The Balaban J connectivity index is 1.49. The number of benzene rings is 1. The van der Waals surface area contributed by atoms with Crippen LogP contribution in [0.5, 0.6) is 5.75 Å². The smallest absolute Gasteiger partial charge is 0.243 e. The summed E-state index contributed by atoms with van der Waals surface area (Å²) >= 11 is 0. The number of fused-ring (bicyclic) bond motifs is 3. The van der Waals surface area contributed by atoms with E-state index < -0.39 is 10.0 Å². The highest BCUT2D eigenvalue weighted by Crippen LogP contribution is 2.45. The van der Waals surface area contributed by atoms with E-state index in [-0.39, 0.29) is 5.41 Å². The normalized spacial score (nSPS) is 24.6. The molecule has 6 nitrogen and oxygen atoms in total. The summed E-state index contributed by atoms with van der Waals surface area (Å²) in [7, 11) is -3.53. The van der Waals surface area contributed by atoms with Crippen LogP contribution in [0, 0.1) is 6.92 Å². The first-order valence-corrected chi connectivity index (χ1v) is 11.0.